The molecule has 7 heteroatoms. The Labute approximate surface area is 176 Å². The van der Waals surface area contributed by atoms with Crippen molar-refractivity contribution in [3.63, 3.8) is 0 Å². The van der Waals surface area contributed by atoms with Crippen LogP contribution in [0.15, 0.2) is 12.1 Å². The van der Waals surface area contributed by atoms with Crippen molar-refractivity contribution >= 4 is 40.5 Å². The van der Waals surface area contributed by atoms with E-state index in [4.69, 9.17) is 33.3 Å². The van der Waals surface area contributed by atoms with Crippen LogP contribution in [-0.2, 0) is 4.79 Å². The SMILES string of the molecule is COc1cc(NC(=S)NC(=O)CC23CC4CC(CC(C4)C2)C3)c(OC)cc1Cl. The zero-order valence-corrected chi connectivity index (χ0v) is 17.9. The number of nitrogens with one attached hydrogen (secondary N) is 2. The van der Waals surface area contributed by atoms with Gasteiger partial charge >= 0.3 is 0 Å². The van der Waals surface area contributed by atoms with Crippen LogP contribution in [-0.4, -0.2) is 25.2 Å². The minimum Gasteiger partial charge on any atom is -0.495 e. The Morgan fingerprint density at radius 2 is 1.68 bits per heavy atom. The molecule has 1 amide bonds. The lowest BCUT2D eigenvalue weighted by Crippen LogP contribution is -2.48. The van der Waals surface area contributed by atoms with Crippen LogP contribution in [0.25, 0.3) is 0 Å². The fourth-order valence-electron chi connectivity index (χ4n) is 6.13. The summed E-state index contributed by atoms with van der Waals surface area (Å²) in [5.41, 5.74) is 0.791. The molecule has 4 fully saturated rings. The molecule has 0 saturated heterocycles. The molecule has 0 aliphatic heterocycles. The first-order valence-corrected chi connectivity index (χ1v) is 10.7. The lowest BCUT2D eigenvalue weighted by Gasteiger charge is -2.56. The second-order valence-corrected chi connectivity index (χ2v) is 9.60. The summed E-state index contributed by atoms with van der Waals surface area (Å²) in [5, 5.41) is 6.60. The van der Waals surface area contributed by atoms with Gasteiger partial charge in [-0.3, -0.25) is 4.79 Å². The molecule has 4 saturated carbocycles. The molecule has 28 heavy (non-hydrogen) atoms. The van der Waals surface area contributed by atoms with Gasteiger partial charge in [-0.15, -0.1) is 0 Å². The third-order valence-corrected chi connectivity index (χ3v) is 7.18. The van der Waals surface area contributed by atoms with Gasteiger partial charge in [-0.25, -0.2) is 0 Å². The molecule has 5 rings (SSSR count). The highest BCUT2D eigenvalue weighted by Crippen LogP contribution is 2.61. The molecular weight excluding hydrogens is 396 g/mol. The summed E-state index contributed by atoms with van der Waals surface area (Å²) in [5.74, 6) is 3.52. The zero-order valence-electron chi connectivity index (χ0n) is 16.3. The number of thiocarbonyl (C=S) groups is 1. The predicted octanol–water partition coefficient (Wildman–Crippen LogP) is 4.78. The fraction of sp³-hybridized carbons (Fsp3) is 0.619. The van der Waals surface area contributed by atoms with Crippen LogP contribution in [0, 0.1) is 23.2 Å². The van der Waals surface area contributed by atoms with Crippen molar-refractivity contribution in [2.75, 3.05) is 19.5 Å². The maximum absolute atomic E-state index is 12.7. The Bertz CT molecular complexity index is 763. The van der Waals surface area contributed by atoms with E-state index >= 15 is 0 Å². The van der Waals surface area contributed by atoms with E-state index < -0.39 is 0 Å². The van der Waals surface area contributed by atoms with E-state index in [1.165, 1.54) is 38.5 Å². The molecule has 4 aliphatic carbocycles. The van der Waals surface area contributed by atoms with Crippen molar-refractivity contribution in [3.8, 4) is 11.5 Å². The summed E-state index contributed by atoms with van der Waals surface area (Å²) in [6, 6.07) is 3.36. The summed E-state index contributed by atoms with van der Waals surface area (Å²) in [6.07, 6.45) is 8.30. The number of hydrogen-bond donors (Lipinski definition) is 2. The number of rotatable bonds is 5. The molecule has 1 aromatic carbocycles. The number of benzene rings is 1. The van der Waals surface area contributed by atoms with Crippen molar-refractivity contribution in [3.05, 3.63) is 17.2 Å². The van der Waals surface area contributed by atoms with E-state index in [1.807, 2.05) is 0 Å². The molecule has 4 bridgehead atoms. The normalized spacial score (nSPS) is 30.0. The average molecular weight is 423 g/mol. The van der Waals surface area contributed by atoms with Crippen LogP contribution < -0.4 is 20.1 Å². The lowest BCUT2D eigenvalue weighted by molar-refractivity contribution is -0.127. The molecule has 0 unspecified atom stereocenters. The Kier molecular flexibility index (Phi) is 5.45. The quantitative estimate of drug-likeness (QED) is 0.669. The number of carbonyl (C=O) groups excluding carboxylic acids is 1. The number of anilines is 1. The van der Waals surface area contributed by atoms with Crippen LogP contribution >= 0.6 is 23.8 Å². The van der Waals surface area contributed by atoms with Crippen molar-refractivity contribution in [1.29, 1.82) is 0 Å². The van der Waals surface area contributed by atoms with Gasteiger partial charge in [-0.05, 0) is 73.9 Å². The van der Waals surface area contributed by atoms with Gasteiger partial charge < -0.3 is 20.1 Å². The molecule has 5 nitrogen and oxygen atoms in total. The maximum Gasteiger partial charge on any atom is 0.226 e. The predicted molar refractivity (Wildman–Crippen MR) is 114 cm³/mol. The summed E-state index contributed by atoms with van der Waals surface area (Å²) in [7, 11) is 3.10. The van der Waals surface area contributed by atoms with Crippen LogP contribution in [0.3, 0.4) is 0 Å². The van der Waals surface area contributed by atoms with E-state index in [1.54, 1.807) is 26.4 Å². The molecule has 1 aromatic rings. The van der Waals surface area contributed by atoms with Gasteiger partial charge in [0.15, 0.2) is 5.11 Å². The highest BCUT2D eigenvalue weighted by atomic mass is 35.5. The van der Waals surface area contributed by atoms with Gasteiger partial charge in [-0.2, -0.15) is 0 Å². The summed E-state index contributed by atoms with van der Waals surface area (Å²) in [4.78, 5) is 12.7. The molecule has 0 heterocycles. The number of methoxy groups -OCH3 is 2. The van der Waals surface area contributed by atoms with Gasteiger partial charge in [0.1, 0.15) is 11.5 Å². The van der Waals surface area contributed by atoms with E-state index in [2.05, 4.69) is 10.6 Å². The van der Waals surface area contributed by atoms with Crippen LogP contribution in [0.1, 0.15) is 44.9 Å². The smallest absolute Gasteiger partial charge is 0.226 e. The van der Waals surface area contributed by atoms with Crippen LogP contribution in [0.4, 0.5) is 5.69 Å². The highest BCUT2D eigenvalue weighted by molar-refractivity contribution is 7.80. The number of amides is 1. The number of carbonyl (C=O) groups is 1. The number of hydrogen-bond acceptors (Lipinski definition) is 4. The van der Waals surface area contributed by atoms with Crippen molar-refractivity contribution in [2.24, 2.45) is 23.2 Å². The minimum absolute atomic E-state index is 0.000606. The first kappa shape index (κ1) is 19.8. The summed E-state index contributed by atoms with van der Waals surface area (Å²) >= 11 is 11.5. The monoisotopic (exact) mass is 422 g/mol. The van der Waals surface area contributed by atoms with Crippen molar-refractivity contribution in [2.45, 2.75) is 44.9 Å². The van der Waals surface area contributed by atoms with Gasteiger partial charge in [0.05, 0.1) is 24.9 Å². The number of ether oxygens (including phenoxy) is 2. The third kappa shape index (κ3) is 3.94. The highest BCUT2D eigenvalue weighted by Gasteiger charge is 2.51. The number of halogens is 1. The molecule has 4 aliphatic rings. The first-order valence-electron chi connectivity index (χ1n) is 9.92. The zero-order chi connectivity index (χ0) is 19.9. The average Bonchev–Trinajstić information content (AvgIpc) is 2.60. The topological polar surface area (TPSA) is 59.6 Å². The first-order chi connectivity index (χ1) is 13.4. The van der Waals surface area contributed by atoms with Gasteiger partial charge in [0.2, 0.25) is 5.91 Å². The summed E-state index contributed by atoms with van der Waals surface area (Å²) in [6.45, 7) is 0. The second kappa shape index (κ2) is 7.71. The van der Waals surface area contributed by atoms with E-state index in [-0.39, 0.29) is 16.4 Å². The molecule has 152 valence electrons. The van der Waals surface area contributed by atoms with Crippen molar-refractivity contribution < 1.29 is 14.3 Å². The molecule has 2 N–H and O–H groups in total. The minimum atomic E-state index is -0.000606. The van der Waals surface area contributed by atoms with Crippen LogP contribution in [0.5, 0.6) is 11.5 Å². The van der Waals surface area contributed by atoms with E-state index in [0.29, 0.717) is 28.6 Å². The summed E-state index contributed by atoms with van der Waals surface area (Å²) < 4.78 is 10.6. The van der Waals surface area contributed by atoms with Gasteiger partial charge in [0.25, 0.3) is 0 Å². The molecule has 0 radical (unpaired) electrons. The Morgan fingerprint density at radius 1 is 1.11 bits per heavy atom. The van der Waals surface area contributed by atoms with Gasteiger partial charge in [0, 0.05) is 18.6 Å². The molecule has 0 atom stereocenters. The van der Waals surface area contributed by atoms with Crippen LogP contribution in [0.2, 0.25) is 5.02 Å². The van der Waals surface area contributed by atoms with E-state index in [0.717, 1.165) is 17.8 Å². The van der Waals surface area contributed by atoms with Crippen molar-refractivity contribution in [1.82, 2.24) is 5.32 Å². The Hall–Kier alpha value is -1.53. The standard InChI is InChI=1S/C21H27ClN2O3S/c1-26-17-7-16(18(27-2)6-15(17)22)23-20(28)24-19(25)11-21-8-12-3-13(9-21)5-14(4-12)10-21/h6-7,12-14H,3-5,8-11H2,1-2H3,(H2,23,24,25,28). The fourth-order valence-corrected chi connectivity index (χ4v) is 6.58. The molecule has 0 spiro atoms. The Balaban J connectivity index is 1.38. The second-order valence-electron chi connectivity index (χ2n) is 8.78. The molecule has 0 aromatic heterocycles. The largest absolute Gasteiger partial charge is 0.495 e. The van der Waals surface area contributed by atoms with Gasteiger partial charge in [-0.1, -0.05) is 11.6 Å². The lowest BCUT2D eigenvalue weighted by atomic mass is 9.49. The van der Waals surface area contributed by atoms with E-state index in [9.17, 15) is 4.79 Å². The third-order valence-electron chi connectivity index (χ3n) is 6.68. The maximum atomic E-state index is 12.7. The Morgan fingerprint density at radius 3 is 2.21 bits per heavy atom. The molecular formula is C21H27ClN2O3S.